The third-order valence-corrected chi connectivity index (χ3v) is 4.20. The van der Waals surface area contributed by atoms with Crippen molar-refractivity contribution in [2.24, 2.45) is 11.1 Å². The summed E-state index contributed by atoms with van der Waals surface area (Å²) in [4.78, 5) is 22.2. The van der Waals surface area contributed by atoms with Crippen LogP contribution >= 0.6 is 0 Å². The maximum absolute atomic E-state index is 11.5. The third kappa shape index (κ3) is 5.19. The van der Waals surface area contributed by atoms with Crippen molar-refractivity contribution >= 4 is 11.9 Å². The average Bonchev–Trinajstić information content (AvgIpc) is 2.39. The number of carbonyl (C=O) groups is 2. The first-order valence-electron chi connectivity index (χ1n) is 7.04. The average molecular weight is 271 g/mol. The first kappa shape index (κ1) is 16.0. The number of hydrogen-bond donors (Lipinski definition) is 2. The van der Waals surface area contributed by atoms with Crippen molar-refractivity contribution in [1.82, 2.24) is 0 Å². The summed E-state index contributed by atoms with van der Waals surface area (Å²) in [6, 6.07) is -0.793. The van der Waals surface area contributed by atoms with Gasteiger partial charge in [-0.2, -0.15) is 0 Å². The predicted molar refractivity (Wildman–Crippen MR) is 71.6 cm³/mol. The fourth-order valence-electron chi connectivity index (χ4n) is 3.02. The molecule has 0 aromatic carbocycles. The van der Waals surface area contributed by atoms with Gasteiger partial charge in [0.1, 0.15) is 6.04 Å². The highest BCUT2D eigenvalue weighted by atomic mass is 16.5. The Balaban J connectivity index is 2.49. The molecule has 0 aromatic heterocycles. The van der Waals surface area contributed by atoms with Gasteiger partial charge in [0.05, 0.1) is 13.5 Å². The van der Waals surface area contributed by atoms with E-state index in [1.54, 1.807) is 0 Å². The Hall–Kier alpha value is -1.10. The van der Waals surface area contributed by atoms with E-state index in [1.165, 1.54) is 13.5 Å². The lowest BCUT2D eigenvalue weighted by molar-refractivity contribution is -0.144. The van der Waals surface area contributed by atoms with E-state index in [2.05, 4.69) is 0 Å². The Bertz CT molecular complexity index is 311. The van der Waals surface area contributed by atoms with Crippen LogP contribution in [0.3, 0.4) is 0 Å². The molecule has 0 heterocycles. The Morgan fingerprint density at radius 1 is 1.32 bits per heavy atom. The Morgan fingerprint density at radius 3 is 2.47 bits per heavy atom. The van der Waals surface area contributed by atoms with Gasteiger partial charge in [-0.15, -0.1) is 0 Å². The van der Waals surface area contributed by atoms with Gasteiger partial charge in [-0.3, -0.25) is 9.59 Å². The van der Waals surface area contributed by atoms with Crippen LogP contribution in [0.15, 0.2) is 0 Å². The Kier molecular flexibility index (Phi) is 6.28. The van der Waals surface area contributed by atoms with E-state index in [9.17, 15) is 9.59 Å². The molecule has 110 valence electrons. The molecule has 1 saturated carbocycles. The second kappa shape index (κ2) is 7.48. The number of ether oxygens (including phenoxy) is 1. The van der Waals surface area contributed by atoms with Crippen LogP contribution in [0.2, 0.25) is 0 Å². The molecule has 1 atom stereocenters. The first-order chi connectivity index (χ1) is 8.99. The van der Waals surface area contributed by atoms with Gasteiger partial charge in [-0.25, -0.2) is 0 Å². The van der Waals surface area contributed by atoms with Gasteiger partial charge in [-0.05, 0) is 31.1 Å². The molecule has 0 aliphatic heterocycles. The lowest BCUT2D eigenvalue weighted by Crippen LogP contribution is -2.32. The van der Waals surface area contributed by atoms with E-state index in [0.29, 0.717) is 12.8 Å². The molecule has 0 spiro atoms. The maximum atomic E-state index is 11.5. The van der Waals surface area contributed by atoms with Crippen LogP contribution in [0.4, 0.5) is 0 Å². The van der Waals surface area contributed by atoms with Crippen LogP contribution in [-0.2, 0) is 14.3 Å². The van der Waals surface area contributed by atoms with E-state index in [4.69, 9.17) is 15.6 Å². The fourth-order valence-corrected chi connectivity index (χ4v) is 3.02. The SMILES string of the molecule is COC(=O)CC1(CCC[C@H](N)C(=O)O)CCCCC1. The molecule has 0 saturated heterocycles. The molecule has 3 N–H and O–H groups in total. The van der Waals surface area contributed by atoms with E-state index in [1.807, 2.05) is 0 Å². The molecule has 0 amide bonds. The van der Waals surface area contributed by atoms with Gasteiger partial charge in [0, 0.05) is 0 Å². The number of methoxy groups -OCH3 is 1. The zero-order valence-corrected chi connectivity index (χ0v) is 11.7. The summed E-state index contributed by atoms with van der Waals surface area (Å²) >= 11 is 0. The summed E-state index contributed by atoms with van der Waals surface area (Å²) < 4.78 is 4.79. The molecule has 5 nitrogen and oxygen atoms in total. The summed E-state index contributed by atoms with van der Waals surface area (Å²) in [6.07, 6.45) is 8.11. The molecule has 0 bridgehead atoms. The zero-order valence-electron chi connectivity index (χ0n) is 11.7. The van der Waals surface area contributed by atoms with Gasteiger partial charge in [0.2, 0.25) is 0 Å². The molecular weight excluding hydrogens is 246 g/mol. The summed E-state index contributed by atoms with van der Waals surface area (Å²) in [7, 11) is 1.42. The van der Waals surface area contributed by atoms with Crippen molar-refractivity contribution in [1.29, 1.82) is 0 Å². The van der Waals surface area contributed by atoms with Crippen molar-refractivity contribution in [2.45, 2.75) is 63.8 Å². The van der Waals surface area contributed by atoms with Gasteiger partial charge in [0.15, 0.2) is 0 Å². The number of carbonyl (C=O) groups excluding carboxylic acids is 1. The highest BCUT2D eigenvalue weighted by Crippen LogP contribution is 2.43. The molecule has 0 radical (unpaired) electrons. The van der Waals surface area contributed by atoms with Crippen molar-refractivity contribution < 1.29 is 19.4 Å². The number of carboxylic acid groups (broad SMARTS) is 1. The second-order valence-corrected chi connectivity index (χ2v) is 5.65. The number of aliphatic carboxylic acids is 1. The molecular formula is C14H25NO4. The van der Waals surface area contributed by atoms with Crippen molar-refractivity contribution in [3.63, 3.8) is 0 Å². The van der Waals surface area contributed by atoms with E-state index in [0.717, 1.165) is 38.5 Å². The van der Waals surface area contributed by atoms with Crippen molar-refractivity contribution in [2.75, 3.05) is 7.11 Å². The lowest BCUT2D eigenvalue weighted by Gasteiger charge is -2.36. The number of carboxylic acids is 1. The molecule has 1 fully saturated rings. The lowest BCUT2D eigenvalue weighted by atomic mass is 9.69. The van der Waals surface area contributed by atoms with E-state index >= 15 is 0 Å². The second-order valence-electron chi connectivity index (χ2n) is 5.65. The standard InChI is InChI=1S/C14H25NO4/c1-19-12(16)10-14(7-3-2-4-8-14)9-5-6-11(15)13(17)18/h11H,2-10,15H2,1H3,(H,17,18)/t11-/m0/s1. The van der Waals surface area contributed by atoms with Gasteiger partial charge in [0.25, 0.3) is 0 Å². The van der Waals surface area contributed by atoms with Crippen LogP contribution in [0.1, 0.15) is 57.8 Å². The molecule has 1 aliphatic rings. The van der Waals surface area contributed by atoms with Crippen molar-refractivity contribution in [3.8, 4) is 0 Å². The van der Waals surface area contributed by atoms with Crippen LogP contribution in [-0.4, -0.2) is 30.2 Å². The summed E-state index contributed by atoms with van der Waals surface area (Å²) in [5, 5.41) is 8.77. The van der Waals surface area contributed by atoms with Gasteiger partial charge >= 0.3 is 11.9 Å². The summed E-state index contributed by atoms with van der Waals surface area (Å²) in [6.45, 7) is 0. The number of esters is 1. The topological polar surface area (TPSA) is 89.6 Å². The van der Waals surface area contributed by atoms with E-state index in [-0.39, 0.29) is 11.4 Å². The normalized spacial score (nSPS) is 19.7. The molecule has 1 rings (SSSR count). The minimum Gasteiger partial charge on any atom is -0.480 e. The number of nitrogens with two attached hydrogens (primary N) is 1. The van der Waals surface area contributed by atoms with Crippen LogP contribution in [0, 0.1) is 5.41 Å². The number of rotatable bonds is 7. The highest BCUT2D eigenvalue weighted by molar-refractivity contribution is 5.73. The molecule has 1 aliphatic carbocycles. The first-order valence-corrected chi connectivity index (χ1v) is 7.04. The highest BCUT2D eigenvalue weighted by Gasteiger charge is 2.34. The summed E-state index contributed by atoms with van der Waals surface area (Å²) in [5.74, 6) is -1.12. The Morgan fingerprint density at radius 2 is 1.95 bits per heavy atom. The minimum absolute atomic E-state index is 0.00354. The smallest absolute Gasteiger partial charge is 0.320 e. The maximum Gasteiger partial charge on any atom is 0.320 e. The molecule has 5 heteroatoms. The fraction of sp³-hybridized carbons (Fsp3) is 0.857. The molecule has 0 unspecified atom stereocenters. The van der Waals surface area contributed by atoms with Crippen LogP contribution in [0.25, 0.3) is 0 Å². The van der Waals surface area contributed by atoms with Crippen LogP contribution < -0.4 is 5.73 Å². The third-order valence-electron chi connectivity index (χ3n) is 4.20. The summed E-state index contributed by atoms with van der Waals surface area (Å²) in [5.41, 5.74) is 5.52. The van der Waals surface area contributed by atoms with Gasteiger partial charge < -0.3 is 15.6 Å². The van der Waals surface area contributed by atoms with Crippen molar-refractivity contribution in [3.05, 3.63) is 0 Å². The monoisotopic (exact) mass is 271 g/mol. The number of hydrogen-bond acceptors (Lipinski definition) is 4. The Labute approximate surface area is 114 Å². The predicted octanol–water partition coefficient (Wildman–Crippen LogP) is 2.08. The molecule has 19 heavy (non-hydrogen) atoms. The van der Waals surface area contributed by atoms with Crippen LogP contribution in [0.5, 0.6) is 0 Å². The quantitative estimate of drug-likeness (QED) is 0.692. The molecule has 0 aromatic rings. The zero-order chi connectivity index (χ0) is 14.3. The largest absolute Gasteiger partial charge is 0.480 e. The minimum atomic E-state index is -0.953. The van der Waals surface area contributed by atoms with E-state index < -0.39 is 12.0 Å². The van der Waals surface area contributed by atoms with Gasteiger partial charge in [-0.1, -0.05) is 25.7 Å².